The average Bonchev–Trinajstić information content (AvgIpc) is 2.84. The van der Waals surface area contributed by atoms with Crippen LogP contribution >= 0.6 is 11.3 Å². The van der Waals surface area contributed by atoms with Gasteiger partial charge in [0.2, 0.25) is 0 Å². The quantitative estimate of drug-likeness (QED) is 0.613. The molecule has 4 heteroatoms. The lowest BCUT2D eigenvalue weighted by molar-refractivity contribution is 0.562. The summed E-state index contributed by atoms with van der Waals surface area (Å²) in [6, 6.07) is 14.3. The Bertz CT molecular complexity index is 555. The first-order valence-corrected chi connectivity index (χ1v) is 8.00. The molecule has 2 rings (SSSR count). The number of rotatable bonds is 3. The summed E-state index contributed by atoms with van der Waals surface area (Å²) in [5.41, 5.74) is 1.20. The highest BCUT2D eigenvalue weighted by Gasteiger charge is 2.25. The van der Waals surface area contributed by atoms with Gasteiger partial charge >= 0.3 is 0 Å². The molecule has 1 heterocycles. The highest BCUT2D eigenvalue weighted by atomic mass is 32.2. The summed E-state index contributed by atoms with van der Waals surface area (Å²) in [6.45, 7) is 5.76. The van der Waals surface area contributed by atoms with Gasteiger partial charge in [-0.3, -0.25) is 0 Å². The Labute approximate surface area is 121 Å². The molecule has 1 aromatic heterocycles. The van der Waals surface area contributed by atoms with Gasteiger partial charge in [0.15, 0.2) is 0 Å². The molecule has 0 bridgehead atoms. The van der Waals surface area contributed by atoms with Gasteiger partial charge in [-0.1, -0.05) is 34.7 Å². The Kier molecular flexibility index (Phi) is 4.45. The fourth-order valence-electron chi connectivity index (χ4n) is 1.44. The molecule has 0 saturated carbocycles. The van der Waals surface area contributed by atoms with Crippen molar-refractivity contribution in [2.45, 2.75) is 25.5 Å². The van der Waals surface area contributed by atoms with Crippen molar-refractivity contribution in [3.05, 3.63) is 47.3 Å². The maximum atomic E-state index is 11.8. The summed E-state index contributed by atoms with van der Waals surface area (Å²) in [5.74, 6) is 0. The van der Waals surface area contributed by atoms with Gasteiger partial charge in [-0.25, -0.2) is 0 Å². The third-order valence-electron chi connectivity index (χ3n) is 2.48. The fourth-order valence-corrected chi connectivity index (χ4v) is 2.92. The zero-order valence-corrected chi connectivity index (χ0v) is 12.9. The maximum Gasteiger partial charge on any atom is 0.144 e. The Morgan fingerprint density at radius 1 is 1.11 bits per heavy atom. The molecule has 1 unspecified atom stereocenters. The molecule has 0 spiro atoms. The minimum atomic E-state index is -1.20. The number of nitrogens with zero attached hydrogens (tertiary/aromatic N) is 1. The van der Waals surface area contributed by atoms with Gasteiger partial charge in [0, 0.05) is 4.88 Å². The zero-order chi connectivity index (χ0) is 13.9. The lowest BCUT2D eigenvalue weighted by atomic mass is 10.2. The number of thiophene rings is 1. The summed E-state index contributed by atoms with van der Waals surface area (Å²) < 4.78 is 15.7. The predicted octanol–water partition coefficient (Wildman–Crippen LogP) is 4.30. The second-order valence-electron chi connectivity index (χ2n) is 5.16. The van der Waals surface area contributed by atoms with Crippen molar-refractivity contribution in [2.75, 3.05) is 0 Å². The Morgan fingerprint density at radius 2 is 1.79 bits per heavy atom. The molecular formula is C15H17NOS2. The third-order valence-corrected chi connectivity index (χ3v) is 4.90. The molecule has 0 N–H and O–H groups in total. The number of benzene rings is 1. The molecular weight excluding hydrogens is 274 g/mol. The molecule has 19 heavy (non-hydrogen) atoms. The Morgan fingerprint density at radius 3 is 2.42 bits per heavy atom. The van der Waals surface area contributed by atoms with Crippen LogP contribution in [0.25, 0.3) is 10.4 Å². The standard InChI is InChI=1S/C15H17NOS2/c1-15(2,3)19(17)16-11-13-9-10-14(18-13)12-7-5-4-6-8-12/h4-11H,1-3H3. The van der Waals surface area contributed by atoms with Crippen molar-refractivity contribution in [3.8, 4) is 10.4 Å². The SMILES string of the molecule is CC(C)(C)[S+]([O-])N=Cc1ccc(-c2ccccc2)s1. The van der Waals surface area contributed by atoms with Crippen molar-refractivity contribution in [3.63, 3.8) is 0 Å². The van der Waals surface area contributed by atoms with Crippen LogP contribution in [0.15, 0.2) is 46.9 Å². The molecule has 0 aliphatic heterocycles. The topological polar surface area (TPSA) is 35.4 Å². The van der Waals surface area contributed by atoms with Crippen LogP contribution in [0.4, 0.5) is 0 Å². The van der Waals surface area contributed by atoms with Gasteiger partial charge in [-0.2, -0.15) is 0 Å². The maximum absolute atomic E-state index is 11.8. The van der Waals surface area contributed by atoms with Gasteiger partial charge in [0.05, 0.1) is 11.1 Å². The van der Waals surface area contributed by atoms with E-state index in [0.717, 1.165) is 4.88 Å². The first kappa shape index (κ1) is 14.3. The minimum absolute atomic E-state index is 0.310. The Hall–Kier alpha value is -1.10. The zero-order valence-electron chi connectivity index (χ0n) is 11.3. The number of hydrogen-bond donors (Lipinski definition) is 0. The summed E-state index contributed by atoms with van der Waals surface area (Å²) in [5, 5.41) is 0. The smallest absolute Gasteiger partial charge is 0.144 e. The van der Waals surface area contributed by atoms with Gasteiger partial charge in [0.25, 0.3) is 0 Å². The van der Waals surface area contributed by atoms with Crippen molar-refractivity contribution >= 4 is 28.9 Å². The third kappa shape index (κ3) is 3.93. The lowest BCUT2D eigenvalue weighted by Crippen LogP contribution is -2.25. The molecule has 1 aromatic carbocycles. The van der Waals surface area contributed by atoms with Crippen molar-refractivity contribution in [1.82, 2.24) is 0 Å². The molecule has 100 valence electrons. The Balaban J connectivity index is 2.12. The summed E-state index contributed by atoms with van der Waals surface area (Å²) in [4.78, 5) is 2.22. The highest BCUT2D eigenvalue weighted by molar-refractivity contribution is 7.91. The fraction of sp³-hybridized carbons (Fsp3) is 0.267. The van der Waals surface area contributed by atoms with E-state index in [1.54, 1.807) is 17.6 Å². The summed E-state index contributed by atoms with van der Waals surface area (Å²) in [6.07, 6.45) is 1.71. The van der Waals surface area contributed by atoms with Crippen molar-refractivity contribution in [1.29, 1.82) is 0 Å². The summed E-state index contributed by atoms with van der Waals surface area (Å²) >= 11 is 0.458. The van der Waals surface area contributed by atoms with E-state index in [2.05, 4.69) is 22.6 Å². The van der Waals surface area contributed by atoms with E-state index in [4.69, 9.17) is 0 Å². The normalized spacial score (nSPS) is 13.9. The van der Waals surface area contributed by atoms with Crippen LogP contribution in [0.3, 0.4) is 0 Å². The van der Waals surface area contributed by atoms with E-state index in [-0.39, 0.29) is 4.75 Å². The van der Waals surface area contributed by atoms with Crippen LogP contribution in [0.2, 0.25) is 0 Å². The van der Waals surface area contributed by atoms with Gasteiger partial charge in [-0.15, -0.1) is 11.3 Å². The molecule has 0 saturated heterocycles. The molecule has 2 aromatic rings. The monoisotopic (exact) mass is 291 g/mol. The van der Waals surface area contributed by atoms with Crippen LogP contribution < -0.4 is 0 Å². The molecule has 2 nitrogen and oxygen atoms in total. The van der Waals surface area contributed by atoms with E-state index in [9.17, 15) is 4.55 Å². The molecule has 0 radical (unpaired) electrons. The van der Waals surface area contributed by atoms with Crippen LogP contribution in [0, 0.1) is 0 Å². The second-order valence-corrected chi connectivity index (χ2v) is 8.21. The van der Waals surface area contributed by atoms with Crippen LogP contribution in [0.1, 0.15) is 25.6 Å². The largest absolute Gasteiger partial charge is 0.591 e. The van der Waals surface area contributed by atoms with Crippen molar-refractivity contribution < 1.29 is 4.55 Å². The average molecular weight is 291 g/mol. The van der Waals surface area contributed by atoms with E-state index < -0.39 is 11.4 Å². The molecule has 0 aliphatic rings. The minimum Gasteiger partial charge on any atom is -0.591 e. The molecule has 0 aliphatic carbocycles. The van der Waals surface area contributed by atoms with Crippen LogP contribution in [-0.2, 0) is 11.4 Å². The number of hydrogen-bond acceptors (Lipinski definition) is 3. The van der Waals surface area contributed by atoms with E-state index in [1.165, 1.54) is 10.4 Å². The molecule has 0 fully saturated rings. The van der Waals surface area contributed by atoms with Gasteiger partial charge < -0.3 is 4.55 Å². The predicted molar refractivity (Wildman–Crippen MR) is 85.2 cm³/mol. The molecule has 0 amide bonds. The first-order chi connectivity index (χ1) is 8.97. The van der Waals surface area contributed by atoms with E-state index in [0.29, 0.717) is 0 Å². The van der Waals surface area contributed by atoms with Crippen LogP contribution in [-0.4, -0.2) is 15.5 Å². The van der Waals surface area contributed by atoms with Gasteiger partial charge in [0.1, 0.15) is 16.1 Å². The van der Waals surface area contributed by atoms with Gasteiger partial charge in [-0.05, 0) is 38.5 Å². The molecule has 1 atom stereocenters. The van der Waals surface area contributed by atoms with Crippen molar-refractivity contribution in [2.24, 2.45) is 4.40 Å². The second kappa shape index (κ2) is 5.90. The summed E-state index contributed by atoms with van der Waals surface area (Å²) in [7, 11) is 0. The van der Waals surface area contributed by atoms with Crippen LogP contribution in [0.5, 0.6) is 0 Å². The van der Waals surface area contributed by atoms with E-state index >= 15 is 0 Å². The first-order valence-electron chi connectivity index (χ1n) is 6.08. The highest BCUT2D eigenvalue weighted by Crippen LogP contribution is 2.27. The van der Waals surface area contributed by atoms with E-state index in [1.807, 2.05) is 45.0 Å². The lowest BCUT2D eigenvalue weighted by Gasteiger charge is -2.17.